The number of guanidine groups is 1. The fourth-order valence-corrected chi connectivity index (χ4v) is 2.95. The van der Waals surface area contributed by atoms with Gasteiger partial charge in [0.1, 0.15) is 9.84 Å². The van der Waals surface area contributed by atoms with Crippen molar-refractivity contribution in [3.05, 3.63) is 33.8 Å². The first-order valence-electron chi connectivity index (χ1n) is 6.38. The third kappa shape index (κ3) is 8.40. The molecule has 0 spiro atoms. The SMILES string of the molecule is CC(NC(N)=NCCCS(C)(=O)=O)c1ccc(Cl)cc1Cl.I. The predicted octanol–water partition coefficient (Wildman–Crippen LogP) is 3.01. The lowest BCUT2D eigenvalue weighted by molar-refractivity contribution is 0.599. The molecule has 0 radical (unpaired) electrons. The Morgan fingerprint density at radius 3 is 2.59 bits per heavy atom. The normalized spacial score (nSPS) is 13.4. The van der Waals surface area contributed by atoms with Crippen molar-refractivity contribution in [1.29, 1.82) is 0 Å². The van der Waals surface area contributed by atoms with Crippen LogP contribution in [0.25, 0.3) is 0 Å². The lowest BCUT2D eigenvalue weighted by Crippen LogP contribution is -2.34. The largest absolute Gasteiger partial charge is 0.370 e. The zero-order valence-electron chi connectivity index (χ0n) is 12.3. The van der Waals surface area contributed by atoms with E-state index in [1.54, 1.807) is 12.1 Å². The molecular weight excluding hydrogens is 460 g/mol. The van der Waals surface area contributed by atoms with Crippen LogP contribution in [0.5, 0.6) is 0 Å². The van der Waals surface area contributed by atoms with Crippen LogP contribution >= 0.6 is 47.2 Å². The molecule has 1 aromatic carbocycles. The average Bonchev–Trinajstić information content (AvgIpc) is 2.33. The van der Waals surface area contributed by atoms with Crippen LogP contribution in [0.15, 0.2) is 23.2 Å². The summed E-state index contributed by atoms with van der Waals surface area (Å²) in [5.41, 5.74) is 6.62. The molecule has 0 aliphatic carbocycles. The highest BCUT2D eigenvalue weighted by molar-refractivity contribution is 14.0. The Hall–Kier alpha value is -0.250. The molecule has 22 heavy (non-hydrogen) atoms. The molecule has 0 fully saturated rings. The summed E-state index contributed by atoms with van der Waals surface area (Å²) in [6.45, 7) is 2.25. The summed E-state index contributed by atoms with van der Waals surface area (Å²) < 4.78 is 22.0. The molecule has 1 unspecified atom stereocenters. The van der Waals surface area contributed by atoms with Gasteiger partial charge < -0.3 is 11.1 Å². The highest BCUT2D eigenvalue weighted by atomic mass is 127. The van der Waals surface area contributed by atoms with Crippen molar-refractivity contribution in [3.63, 3.8) is 0 Å². The molecule has 0 saturated carbocycles. The fourth-order valence-electron chi connectivity index (χ4n) is 1.72. The van der Waals surface area contributed by atoms with E-state index in [0.717, 1.165) is 5.56 Å². The van der Waals surface area contributed by atoms with Gasteiger partial charge in [0.25, 0.3) is 0 Å². The number of benzene rings is 1. The Morgan fingerprint density at radius 2 is 2.05 bits per heavy atom. The second-order valence-corrected chi connectivity index (χ2v) is 7.89. The zero-order chi connectivity index (χ0) is 16.0. The number of nitrogens with one attached hydrogen (secondary N) is 1. The van der Waals surface area contributed by atoms with E-state index in [9.17, 15) is 8.42 Å². The van der Waals surface area contributed by atoms with Crippen LogP contribution < -0.4 is 11.1 Å². The third-order valence-electron chi connectivity index (χ3n) is 2.75. The third-order valence-corrected chi connectivity index (χ3v) is 4.34. The van der Waals surface area contributed by atoms with Crippen molar-refractivity contribution >= 4 is 63.0 Å². The molecule has 0 amide bonds. The van der Waals surface area contributed by atoms with Crippen LogP contribution in [-0.4, -0.2) is 32.9 Å². The molecule has 1 aromatic rings. The van der Waals surface area contributed by atoms with Gasteiger partial charge in [0.15, 0.2) is 5.96 Å². The lowest BCUT2D eigenvalue weighted by Gasteiger charge is -2.16. The topological polar surface area (TPSA) is 84.5 Å². The van der Waals surface area contributed by atoms with Crippen LogP contribution in [0.4, 0.5) is 0 Å². The van der Waals surface area contributed by atoms with Gasteiger partial charge in [-0.1, -0.05) is 29.3 Å². The Kier molecular flexibility index (Phi) is 9.68. The number of nitrogens with two attached hydrogens (primary N) is 1. The minimum atomic E-state index is -2.96. The van der Waals surface area contributed by atoms with Crippen molar-refractivity contribution in [2.75, 3.05) is 18.6 Å². The number of aliphatic imine (C=N–C) groups is 1. The van der Waals surface area contributed by atoms with Crippen LogP contribution in [0.1, 0.15) is 24.9 Å². The number of hydrogen-bond acceptors (Lipinski definition) is 3. The fraction of sp³-hybridized carbons (Fsp3) is 0.462. The first-order valence-corrected chi connectivity index (χ1v) is 9.20. The van der Waals surface area contributed by atoms with Crippen molar-refractivity contribution < 1.29 is 8.42 Å². The molecule has 1 atom stereocenters. The predicted molar refractivity (Wildman–Crippen MR) is 104 cm³/mol. The Labute approximate surface area is 158 Å². The van der Waals surface area contributed by atoms with Gasteiger partial charge in [0.05, 0.1) is 11.8 Å². The number of hydrogen-bond donors (Lipinski definition) is 2. The molecule has 9 heteroatoms. The van der Waals surface area contributed by atoms with Crippen LogP contribution in [0.2, 0.25) is 10.0 Å². The maximum Gasteiger partial charge on any atom is 0.189 e. The summed E-state index contributed by atoms with van der Waals surface area (Å²) in [5.74, 6) is 0.351. The van der Waals surface area contributed by atoms with E-state index >= 15 is 0 Å². The van der Waals surface area contributed by atoms with Gasteiger partial charge in [0.2, 0.25) is 0 Å². The minimum absolute atomic E-state index is 0. The molecular formula is C13H20Cl2IN3O2S. The first kappa shape index (κ1) is 21.8. The average molecular weight is 480 g/mol. The van der Waals surface area contributed by atoms with E-state index in [1.807, 2.05) is 13.0 Å². The van der Waals surface area contributed by atoms with E-state index in [2.05, 4.69) is 10.3 Å². The molecule has 1 rings (SSSR count). The molecule has 3 N–H and O–H groups in total. The van der Waals surface area contributed by atoms with Gasteiger partial charge in [-0.05, 0) is 31.0 Å². The lowest BCUT2D eigenvalue weighted by atomic mass is 10.1. The smallest absolute Gasteiger partial charge is 0.189 e. The quantitative estimate of drug-likeness (QED) is 0.284. The van der Waals surface area contributed by atoms with Gasteiger partial charge >= 0.3 is 0 Å². The van der Waals surface area contributed by atoms with E-state index < -0.39 is 9.84 Å². The maximum atomic E-state index is 11.0. The summed E-state index contributed by atoms with van der Waals surface area (Å²) in [5, 5.41) is 4.12. The number of halogens is 3. The highest BCUT2D eigenvalue weighted by Crippen LogP contribution is 2.25. The van der Waals surface area contributed by atoms with Crippen molar-refractivity contribution in [2.45, 2.75) is 19.4 Å². The van der Waals surface area contributed by atoms with Gasteiger partial charge in [-0.3, -0.25) is 4.99 Å². The summed E-state index contributed by atoms with van der Waals surface area (Å²) >= 11 is 12.0. The van der Waals surface area contributed by atoms with Crippen LogP contribution in [-0.2, 0) is 9.84 Å². The van der Waals surface area contributed by atoms with Crippen LogP contribution in [0.3, 0.4) is 0 Å². The van der Waals surface area contributed by atoms with E-state index in [1.165, 1.54) is 6.26 Å². The van der Waals surface area contributed by atoms with Crippen molar-refractivity contribution in [1.82, 2.24) is 5.32 Å². The molecule has 0 heterocycles. The monoisotopic (exact) mass is 479 g/mol. The maximum absolute atomic E-state index is 11.0. The van der Waals surface area contributed by atoms with E-state index in [4.69, 9.17) is 28.9 Å². The minimum Gasteiger partial charge on any atom is -0.370 e. The number of sulfone groups is 1. The Balaban J connectivity index is 0.00000441. The summed E-state index contributed by atoms with van der Waals surface area (Å²) in [7, 11) is -2.96. The second-order valence-electron chi connectivity index (χ2n) is 4.78. The zero-order valence-corrected chi connectivity index (χ0v) is 17.0. The molecule has 126 valence electrons. The van der Waals surface area contributed by atoms with Crippen molar-refractivity contribution in [3.8, 4) is 0 Å². The van der Waals surface area contributed by atoms with E-state index in [-0.39, 0.29) is 41.7 Å². The molecule has 0 aromatic heterocycles. The van der Waals surface area contributed by atoms with Gasteiger partial charge in [-0.15, -0.1) is 24.0 Å². The summed E-state index contributed by atoms with van der Waals surface area (Å²) in [4.78, 5) is 4.09. The molecule has 0 saturated heterocycles. The summed E-state index contributed by atoms with van der Waals surface area (Å²) in [6, 6.07) is 5.10. The first-order chi connectivity index (χ1) is 9.69. The molecule has 0 aliphatic rings. The Bertz CT molecular complexity index is 624. The van der Waals surface area contributed by atoms with Gasteiger partial charge in [-0.2, -0.15) is 0 Å². The van der Waals surface area contributed by atoms with Crippen LogP contribution in [0, 0.1) is 0 Å². The van der Waals surface area contributed by atoms with E-state index in [0.29, 0.717) is 23.0 Å². The van der Waals surface area contributed by atoms with Gasteiger partial charge in [0, 0.05) is 22.8 Å². The summed E-state index contributed by atoms with van der Waals surface area (Å²) in [6.07, 6.45) is 1.64. The second kappa shape index (κ2) is 9.79. The molecule has 0 aliphatic heterocycles. The number of rotatable bonds is 6. The molecule has 0 bridgehead atoms. The number of nitrogens with zero attached hydrogens (tertiary/aromatic N) is 1. The van der Waals surface area contributed by atoms with Crippen molar-refractivity contribution in [2.24, 2.45) is 10.7 Å². The Morgan fingerprint density at radius 1 is 1.41 bits per heavy atom. The van der Waals surface area contributed by atoms with Gasteiger partial charge in [-0.25, -0.2) is 8.42 Å². The standard InChI is InChI=1S/C13H19Cl2N3O2S.HI/c1-9(11-5-4-10(14)8-12(11)15)18-13(16)17-6-3-7-21(2,19)20;/h4-5,8-9H,3,6-7H2,1-2H3,(H3,16,17,18);1H. The molecule has 5 nitrogen and oxygen atoms in total. The highest BCUT2D eigenvalue weighted by Gasteiger charge is 2.10.